The van der Waals surface area contributed by atoms with Gasteiger partial charge in [-0.25, -0.2) is 4.98 Å². The van der Waals surface area contributed by atoms with Crippen LogP contribution in [0.3, 0.4) is 0 Å². The topological polar surface area (TPSA) is 80.1 Å². The van der Waals surface area contributed by atoms with E-state index >= 15 is 0 Å². The lowest BCUT2D eigenvalue weighted by molar-refractivity contribution is -0.384. The van der Waals surface area contributed by atoms with Crippen molar-refractivity contribution >= 4 is 28.7 Å². The highest BCUT2D eigenvalue weighted by Crippen LogP contribution is 2.20. The van der Waals surface area contributed by atoms with Crippen molar-refractivity contribution in [1.82, 2.24) is 4.98 Å². The van der Waals surface area contributed by atoms with Crippen LogP contribution in [0.15, 0.2) is 29.0 Å². The molecule has 0 radical (unpaired) electrons. The summed E-state index contributed by atoms with van der Waals surface area (Å²) in [6.07, 6.45) is 0.864. The van der Waals surface area contributed by atoms with E-state index in [9.17, 15) is 10.1 Å². The minimum absolute atomic E-state index is 0.0254. The van der Waals surface area contributed by atoms with Crippen molar-refractivity contribution in [3.8, 4) is 0 Å². The van der Waals surface area contributed by atoms with E-state index in [0.29, 0.717) is 18.2 Å². The van der Waals surface area contributed by atoms with Gasteiger partial charge in [-0.1, -0.05) is 0 Å². The van der Waals surface area contributed by atoms with Gasteiger partial charge in [0.25, 0.3) is 5.69 Å². The van der Waals surface area contributed by atoms with Crippen LogP contribution in [0.5, 0.6) is 0 Å². The van der Waals surface area contributed by atoms with E-state index in [1.54, 1.807) is 18.4 Å². The third-order valence-corrected chi connectivity index (χ3v) is 3.31. The van der Waals surface area contributed by atoms with Gasteiger partial charge in [0.2, 0.25) is 0 Å². The van der Waals surface area contributed by atoms with Crippen LogP contribution in [-0.4, -0.2) is 23.5 Å². The molecule has 0 atom stereocenters. The third kappa shape index (κ3) is 3.65. The Morgan fingerprint density at radius 2 is 2.21 bits per heavy atom. The van der Waals surface area contributed by atoms with Gasteiger partial charge in [-0.3, -0.25) is 10.1 Å². The Morgan fingerprint density at radius 1 is 1.42 bits per heavy atom. The Bertz CT molecular complexity index is 557. The molecule has 2 aromatic heterocycles. The van der Waals surface area contributed by atoms with Crippen LogP contribution >= 0.6 is 11.3 Å². The molecule has 0 saturated carbocycles. The van der Waals surface area contributed by atoms with Gasteiger partial charge in [0.05, 0.1) is 17.1 Å². The molecule has 0 saturated heterocycles. The zero-order valence-corrected chi connectivity index (χ0v) is 11.2. The van der Waals surface area contributed by atoms with E-state index in [-0.39, 0.29) is 5.69 Å². The second kappa shape index (κ2) is 6.14. The molecule has 0 spiro atoms. The molecule has 6 nitrogen and oxygen atoms in total. The quantitative estimate of drug-likeness (QED) is 0.627. The molecule has 2 rings (SSSR count). The predicted octanol–water partition coefficient (Wildman–Crippen LogP) is 2.75. The first kappa shape index (κ1) is 13.3. The lowest BCUT2D eigenvalue weighted by Crippen LogP contribution is -2.07. The van der Waals surface area contributed by atoms with Crippen LogP contribution in [0.2, 0.25) is 0 Å². The lowest BCUT2D eigenvalue weighted by atomic mass is 10.2. The van der Waals surface area contributed by atoms with E-state index < -0.39 is 4.92 Å². The Morgan fingerprint density at radius 3 is 2.84 bits per heavy atom. The summed E-state index contributed by atoms with van der Waals surface area (Å²) >= 11 is 1.66. The number of aromatic nitrogens is 1. The van der Waals surface area contributed by atoms with Gasteiger partial charge in [0.1, 0.15) is 11.6 Å². The monoisotopic (exact) mass is 278 g/mol. The summed E-state index contributed by atoms with van der Waals surface area (Å²) in [6, 6.07) is 4.91. The number of thiophene rings is 1. The summed E-state index contributed by atoms with van der Waals surface area (Å²) in [5.41, 5.74) is 1.27. The van der Waals surface area contributed by atoms with Crippen molar-refractivity contribution in [1.29, 1.82) is 0 Å². The maximum Gasteiger partial charge on any atom is 0.276 e. The Hall–Kier alpha value is -2.15. The maximum absolute atomic E-state index is 10.8. The Labute approximate surface area is 114 Å². The number of hydrogen-bond acceptors (Lipinski definition) is 6. The van der Waals surface area contributed by atoms with E-state index in [2.05, 4.69) is 27.1 Å². The summed E-state index contributed by atoms with van der Waals surface area (Å²) in [4.78, 5) is 14.6. The van der Waals surface area contributed by atoms with E-state index in [0.717, 1.165) is 6.42 Å². The molecule has 0 aromatic carbocycles. The van der Waals surface area contributed by atoms with Crippen molar-refractivity contribution in [2.45, 2.75) is 6.42 Å². The zero-order chi connectivity index (χ0) is 13.7. The highest BCUT2D eigenvalue weighted by molar-refractivity contribution is 7.07. The molecule has 0 aliphatic rings. The molecular weight excluding hydrogens is 264 g/mol. The lowest BCUT2D eigenvalue weighted by Gasteiger charge is -2.07. The van der Waals surface area contributed by atoms with Gasteiger partial charge in [-0.15, -0.1) is 0 Å². The molecule has 0 aliphatic heterocycles. The van der Waals surface area contributed by atoms with E-state index in [1.165, 1.54) is 17.7 Å². The number of nitrogens with one attached hydrogen (secondary N) is 2. The second-order valence-corrected chi connectivity index (χ2v) is 4.69. The normalized spacial score (nSPS) is 10.2. The first-order valence-corrected chi connectivity index (χ1v) is 6.72. The van der Waals surface area contributed by atoms with E-state index in [4.69, 9.17) is 0 Å². The fourth-order valence-corrected chi connectivity index (χ4v) is 2.31. The summed E-state index contributed by atoms with van der Waals surface area (Å²) < 4.78 is 0. The molecule has 19 heavy (non-hydrogen) atoms. The van der Waals surface area contributed by atoms with Crippen LogP contribution in [0, 0.1) is 10.1 Å². The SMILES string of the molecule is CNc1cc([N+](=O)[O-])cc(NCCc2ccsc2)n1. The number of pyridine rings is 1. The highest BCUT2D eigenvalue weighted by atomic mass is 32.1. The van der Waals surface area contributed by atoms with Crippen molar-refractivity contribution in [2.75, 3.05) is 24.2 Å². The number of hydrogen-bond donors (Lipinski definition) is 2. The first-order chi connectivity index (χ1) is 9.19. The van der Waals surface area contributed by atoms with Gasteiger partial charge >= 0.3 is 0 Å². The molecule has 0 bridgehead atoms. The van der Waals surface area contributed by atoms with Gasteiger partial charge in [-0.05, 0) is 28.8 Å². The minimum atomic E-state index is -0.424. The molecule has 2 heterocycles. The van der Waals surface area contributed by atoms with Crippen molar-refractivity contribution in [3.63, 3.8) is 0 Å². The zero-order valence-electron chi connectivity index (χ0n) is 10.4. The summed E-state index contributed by atoms with van der Waals surface area (Å²) in [5, 5.41) is 20.8. The molecule has 0 fully saturated rings. The average Bonchev–Trinajstić information content (AvgIpc) is 2.91. The van der Waals surface area contributed by atoms with Crippen LogP contribution in [0.1, 0.15) is 5.56 Å². The standard InChI is InChI=1S/C12H14N4O2S/c1-13-11-6-10(16(17)18)7-12(15-11)14-4-2-9-3-5-19-8-9/h3,5-8H,2,4H2,1H3,(H2,13,14,15). The first-order valence-electron chi connectivity index (χ1n) is 5.78. The fraction of sp³-hybridized carbons (Fsp3) is 0.250. The molecule has 2 aromatic rings. The second-order valence-electron chi connectivity index (χ2n) is 3.91. The summed E-state index contributed by atoms with van der Waals surface area (Å²) in [6.45, 7) is 0.689. The van der Waals surface area contributed by atoms with Crippen molar-refractivity contribution < 1.29 is 4.92 Å². The van der Waals surface area contributed by atoms with Gasteiger partial charge in [-0.2, -0.15) is 11.3 Å². The molecule has 0 aliphatic carbocycles. The third-order valence-electron chi connectivity index (χ3n) is 2.58. The molecule has 0 amide bonds. The molecule has 100 valence electrons. The van der Waals surface area contributed by atoms with Gasteiger partial charge in [0, 0.05) is 13.6 Å². The number of nitrogens with zero attached hydrogens (tertiary/aromatic N) is 2. The van der Waals surface area contributed by atoms with Crippen molar-refractivity contribution in [3.05, 3.63) is 44.6 Å². The summed E-state index contributed by atoms with van der Waals surface area (Å²) in [7, 11) is 1.68. The van der Waals surface area contributed by atoms with Gasteiger partial charge in [0.15, 0.2) is 0 Å². The Balaban J connectivity index is 2.02. The predicted molar refractivity (Wildman–Crippen MR) is 77.0 cm³/mol. The van der Waals surface area contributed by atoms with Crippen molar-refractivity contribution in [2.24, 2.45) is 0 Å². The van der Waals surface area contributed by atoms with Crippen LogP contribution < -0.4 is 10.6 Å². The smallest absolute Gasteiger partial charge is 0.276 e. The Kier molecular flexibility index (Phi) is 4.30. The largest absolute Gasteiger partial charge is 0.373 e. The van der Waals surface area contributed by atoms with E-state index in [1.807, 2.05) is 5.38 Å². The molecule has 7 heteroatoms. The number of rotatable bonds is 6. The number of nitro groups is 1. The molecular formula is C12H14N4O2S. The highest BCUT2D eigenvalue weighted by Gasteiger charge is 2.10. The van der Waals surface area contributed by atoms with Crippen LogP contribution in [0.4, 0.5) is 17.3 Å². The van der Waals surface area contributed by atoms with Crippen LogP contribution in [0.25, 0.3) is 0 Å². The minimum Gasteiger partial charge on any atom is -0.373 e. The van der Waals surface area contributed by atoms with Crippen LogP contribution in [-0.2, 0) is 6.42 Å². The average molecular weight is 278 g/mol. The maximum atomic E-state index is 10.8. The molecule has 2 N–H and O–H groups in total. The summed E-state index contributed by atoms with van der Waals surface area (Å²) in [5.74, 6) is 0.987. The van der Waals surface area contributed by atoms with Gasteiger partial charge < -0.3 is 10.6 Å². The fourth-order valence-electron chi connectivity index (χ4n) is 1.61. The molecule has 0 unspecified atom stereocenters. The number of anilines is 2.